The maximum atomic E-state index is 12.7. The van der Waals surface area contributed by atoms with Gasteiger partial charge in [-0.3, -0.25) is 4.79 Å². The third-order valence-corrected chi connectivity index (χ3v) is 4.48. The van der Waals surface area contributed by atoms with Crippen LogP contribution in [0.5, 0.6) is 28.7 Å². The minimum atomic E-state index is -5.51. The van der Waals surface area contributed by atoms with Gasteiger partial charge in [-0.1, -0.05) is 0 Å². The Hall–Kier alpha value is -1.53. The molecular formula is C16H10Na2O13S2. The van der Waals surface area contributed by atoms with Crippen LogP contribution >= 0.6 is 0 Å². The molecule has 0 radical (unpaired) electrons. The zero-order valence-corrected chi connectivity index (χ0v) is 22.7. The molecule has 0 fully saturated rings. The molecule has 1 aromatic heterocycles. The van der Waals surface area contributed by atoms with Gasteiger partial charge in [-0.25, -0.2) is 16.8 Å². The molecule has 166 valence electrons. The zero-order valence-electron chi connectivity index (χ0n) is 17.1. The summed E-state index contributed by atoms with van der Waals surface area (Å²) in [6.07, 6.45) is 0. The molecule has 2 N–H and O–H groups in total. The second-order valence-corrected chi connectivity index (χ2v) is 7.74. The van der Waals surface area contributed by atoms with Crippen LogP contribution < -0.4 is 77.6 Å². The van der Waals surface area contributed by atoms with Gasteiger partial charge >= 0.3 is 59.1 Å². The fraction of sp³-hybridized carbons (Fsp3) is 0.0625. The monoisotopic (exact) mass is 520 g/mol. The van der Waals surface area contributed by atoms with Gasteiger partial charge in [0, 0.05) is 17.7 Å². The predicted octanol–water partition coefficient (Wildman–Crippen LogP) is -5.43. The van der Waals surface area contributed by atoms with E-state index in [-0.39, 0.29) is 70.4 Å². The number of phenols is 2. The summed E-state index contributed by atoms with van der Waals surface area (Å²) in [5.41, 5.74) is -2.04. The number of phenolic OH excluding ortho intramolecular Hbond substituents is 2. The summed E-state index contributed by atoms with van der Waals surface area (Å²) in [5, 5.41) is 18.9. The molecule has 0 bridgehead atoms. The molecular weight excluding hydrogens is 510 g/mol. The molecule has 0 aliphatic heterocycles. The summed E-state index contributed by atoms with van der Waals surface area (Å²) in [6, 6.07) is 4.69. The third kappa shape index (κ3) is 6.98. The van der Waals surface area contributed by atoms with Crippen molar-refractivity contribution in [3.05, 3.63) is 40.6 Å². The average Bonchev–Trinajstić information content (AvgIpc) is 2.61. The molecule has 0 unspecified atom stereocenters. The number of methoxy groups -OCH3 is 1. The number of hydrogen-bond acceptors (Lipinski definition) is 13. The van der Waals surface area contributed by atoms with Crippen LogP contribution in [-0.4, -0.2) is 43.3 Å². The van der Waals surface area contributed by atoms with Crippen LogP contribution in [0.15, 0.2) is 39.5 Å². The summed E-state index contributed by atoms with van der Waals surface area (Å²) < 4.78 is 85.0. The number of hydrogen-bond donors (Lipinski definition) is 2. The van der Waals surface area contributed by atoms with Crippen molar-refractivity contribution in [2.45, 2.75) is 0 Å². The zero-order chi connectivity index (χ0) is 23.1. The van der Waals surface area contributed by atoms with E-state index in [4.69, 9.17) is 9.15 Å². The van der Waals surface area contributed by atoms with Crippen molar-refractivity contribution in [1.29, 1.82) is 0 Å². The summed E-state index contributed by atoms with van der Waals surface area (Å²) in [4.78, 5) is 12.7. The van der Waals surface area contributed by atoms with Crippen molar-refractivity contribution < 1.29 is 113 Å². The van der Waals surface area contributed by atoms with Gasteiger partial charge in [0.1, 0.15) is 22.5 Å². The maximum absolute atomic E-state index is 12.7. The molecule has 13 nitrogen and oxygen atoms in total. The first-order valence-corrected chi connectivity index (χ1v) is 10.5. The SMILES string of the molecule is COc1ccc(-c2oc3cc(O)cc(O)c3c(=O)c2OS(=O)(=O)[O-])cc1OS(=O)(=O)[O-].[Na+].[Na+]. The number of benzene rings is 2. The van der Waals surface area contributed by atoms with E-state index in [1.807, 2.05) is 0 Å². The van der Waals surface area contributed by atoms with Crippen LogP contribution in [0.4, 0.5) is 0 Å². The Morgan fingerprint density at radius 3 is 2.06 bits per heavy atom. The molecule has 33 heavy (non-hydrogen) atoms. The van der Waals surface area contributed by atoms with E-state index >= 15 is 0 Å². The molecule has 0 aliphatic rings. The molecule has 2 aromatic carbocycles. The summed E-state index contributed by atoms with van der Waals surface area (Å²) in [7, 11) is -9.66. The van der Waals surface area contributed by atoms with Gasteiger partial charge in [0.05, 0.1) is 7.11 Å². The molecule has 3 aromatic rings. The summed E-state index contributed by atoms with van der Waals surface area (Å²) in [6.45, 7) is 0. The molecule has 0 atom stereocenters. The first-order valence-electron chi connectivity index (χ1n) is 7.81. The fourth-order valence-electron chi connectivity index (χ4n) is 2.63. The molecule has 17 heteroatoms. The minimum absolute atomic E-state index is 0. The average molecular weight is 520 g/mol. The van der Waals surface area contributed by atoms with Gasteiger partial charge < -0.3 is 36.8 Å². The molecule has 0 aliphatic carbocycles. The molecule has 3 rings (SSSR count). The van der Waals surface area contributed by atoms with Gasteiger partial charge in [-0.2, -0.15) is 0 Å². The van der Waals surface area contributed by atoms with E-state index in [1.165, 1.54) is 0 Å². The van der Waals surface area contributed by atoms with Crippen LogP contribution in [0.1, 0.15) is 0 Å². The van der Waals surface area contributed by atoms with E-state index in [0.29, 0.717) is 0 Å². The molecule has 0 amide bonds. The van der Waals surface area contributed by atoms with Crippen LogP contribution in [0, 0.1) is 0 Å². The smallest absolute Gasteiger partial charge is 0.716 e. The van der Waals surface area contributed by atoms with Gasteiger partial charge in [0.25, 0.3) is 20.8 Å². The second kappa shape index (κ2) is 10.8. The van der Waals surface area contributed by atoms with Crippen molar-refractivity contribution in [2.75, 3.05) is 7.11 Å². The van der Waals surface area contributed by atoms with Gasteiger partial charge in [-0.05, 0) is 18.2 Å². The molecule has 0 saturated heterocycles. The first-order chi connectivity index (χ1) is 14.3. The van der Waals surface area contributed by atoms with E-state index in [0.717, 1.165) is 37.4 Å². The Balaban J connectivity index is 0.00000272. The summed E-state index contributed by atoms with van der Waals surface area (Å²) in [5.74, 6) is -4.13. The predicted molar refractivity (Wildman–Crippen MR) is 98.5 cm³/mol. The van der Waals surface area contributed by atoms with E-state index in [2.05, 4.69) is 8.37 Å². The van der Waals surface area contributed by atoms with Crippen molar-refractivity contribution >= 4 is 31.8 Å². The number of ether oxygens (including phenoxy) is 1. The molecule has 0 saturated carbocycles. The van der Waals surface area contributed by atoms with Crippen LogP contribution in [0.3, 0.4) is 0 Å². The van der Waals surface area contributed by atoms with Gasteiger partial charge in [0.15, 0.2) is 17.3 Å². The van der Waals surface area contributed by atoms with Crippen molar-refractivity contribution in [3.8, 4) is 40.1 Å². The van der Waals surface area contributed by atoms with Crippen molar-refractivity contribution in [3.63, 3.8) is 0 Å². The molecule has 1 heterocycles. The fourth-order valence-corrected chi connectivity index (χ4v) is 3.33. The number of fused-ring (bicyclic) bond motifs is 1. The Bertz CT molecular complexity index is 1460. The number of rotatable bonds is 6. The Morgan fingerprint density at radius 2 is 1.52 bits per heavy atom. The first kappa shape index (κ1) is 29.5. The third-order valence-electron chi connectivity index (χ3n) is 3.72. The van der Waals surface area contributed by atoms with Crippen LogP contribution in [0.25, 0.3) is 22.3 Å². The Labute approximate surface area is 230 Å². The second-order valence-electron chi connectivity index (χ2n) is 5.78. The van der Waals surface area contributed by atoms with Crippen LogP contribution in [-0.2, 0) is 20.8 Å². The minimum Gasteiger partial charge on any atom is -0.716 e. The summed E-state index contributed by atoms with van der Waals surface area (Å²) >= 11 is 0. The van der Waals surface area contributed by atoms with E-state index in [9.17, 15) is 40.9 Å². The Kier molecular flexibility index (Phi) is 9.67. The largest absolute Gasteiger partial charge is 1.00 e. The van der Waals surface area contributed by atoms with Crippen molar-refractivity contribution in [2.24, 2.45) is 0 Å². The van der Waals surface area contributed by atoms with Gasteiger partial charge in [-0.15, -0.1) is 0 Å². The van der Waals surface area contributed by atoms with E-state index in [1.54, 1.807) is 0 Å². The normalized spacial score (nSPS) is 11.2. The topological polar surface area (TPSA) is 213 Å². The standard InChI is InChI=1S/C16H12O13S2.2Na/c1-26-10-3-2-7(4-11(10)28-30(20,21)22)15-16(29-31(23,24)25)14(19)13-9(18)5-8(17)6-12(13)27-15;;/h2-6,17-18H,1H3,(H,20,21,22)(H,23,24,25);;/q;2*+1/p-2. The van der Waals surface area contributed by atoms with Gasteiger partial charge in [0.2, 0.25) is 11.2 Å². The Morgan fingerprint density at radius 1 is 0.909 bits per heavy atom. The van der Waals surface area contributed by atoms with Crippen LogP contribution in [0.2, 0.25) is 0 Å². The van der Waals surface area contributed by atoms with E-state index < -0.39 is 66.0 Å². The molecule has 0 spiro atoms. The maximum Gasteiger partial charge on any atom is 1.00 e. The number of aromatic hydroxyl groups is 2. The van der Waals surface area contributed by atoms with Crippen molar-refractivity contribution in [1.82, 2.24) is 0 Å². The quantitative estimate of drug-likeness (QED) is 0.177.